The van der Waals surface area contributed by atoms with E-state index < -0.39 is 0 Å². The number of hydrogen-bond donors (Lipinski definition) is 0. The normalized spacial score (nSPS) is 18.2. The molecule has 0 N–H and O–H groups in total. The van der Waals surface area contributed by atoms with Gasteiger partial charge in [0.05, 0.1) is 11.7 Å². The number of nitrogens with zero attached hydrogens (tertiary/aromatic N) is 3. The minimum Gasteiger partial charge on any atom is -0.359 e. The lowest BCUT2D eigenvalue weighted by Crippen LogP contribution is -2.30. The zero-order valence-electron chi connectivity index (χ0n) is 11.3. The molecule has 7 heteroatoms. The SMILES string of the molecule is Cc1cc(C2CCCN2C(=O)c2cc(Cl)nc(Cl)c2)on1. The molecule has 1 fully saturated rings. The van der Waals surface area contributed by atoms with Crippen LogP contribution in [0, 0.1) is 6.92 Å². The minimum atomic E-state index is -0.127. The van der Waals surface area contributed by atoms with E-state index in [0.717, 1.165) is 18.5 Å². The summed E-state index contributed by atoms with van der Waals surface area (Å²) in [5, 5.41) is 4.30. The Kier molecular flexibility index (Phi) is 3.87. The highest BCUT2D eigenvalue weighted by Crippen LogP contribution is 2.33. The Morgan fingerprint density at radius 2 is 2.05 bits per heavy atom. The molecule has 0 saturated carbocycles. The number of carbonyl (C=O) groups excluding carboxylic acids is 1. The highest BCUT2D eigenvalue weighted by Gasteiger charge is 2.33. The van der Waals surface area contributed by atoms with Gasteiger partial charge in [-0.05, 0) is 31.9 Å². The Balaban J connectivity index is 1.89. The molecule has 0 aromatic carbocycles. The maximum atomic E-state index is 12.7. The molecule has 0 radical (unpaired) electrons. The number of aromatic nitrogens is 2. The van der Waals surface area contributed by atoms with Crippen molar-refractivity contribution in [1.82, 2.24) is 15.0 Å². The van der Waals surface area contributed by atoms with Crippen LogP contribution in [0.4, 0.5) is 0 Å². The zero-order chi connectivity index (χ0) is 15.0. The lowest BCUT2D eigenvalue weighted by Gasteiger charge is -2.22. The van der Waals surface area contributed by atoms with Gasteiger partial charge >= 0.3 is 0 Å². The molecule has 5 nitrogen and oxygen atoms in total. The number of carbonyl (C=O) groups is 1. The van der Waals surface area contributed by atoms with Gasteiger partial charge in [0.2, 0.25) is 0 Å². The van der Waals surface area contributed by atoms with Crippen LogP contribution in [0.15, 0.2) is 22.7 Å². The summed E-state index contributed by atoms with van der Waals surface area (Å²) in [4.78, 5) is 18.3. The number of amides is 1. The number of likely N-dealkylation sites (tertiary alicyclic amines) is 1. The molecule has 1 aliphatic rings. The first-order chi connectivity index (χ1) is 10.0. The Morgan fingerprint density at radius 1 is 1.33 bits per heavy atom. The van der Waals surface area contributed by atoms with Crippen molar-refractivity contribution in [1.29, 1.82) is 0 Å². The lowest BCUT2D eigenvalue weighted by atomic mass is 10.1. The van der Waals surface area contributed by atoms with Crippen molar-refractivity contribution < 1.29 is 9.32 Å². The van der Waals surface area contributed by atoms with Gasteiger partial charge in [-0.15, -0.1) is 0 Å². The number of aryl methyl sites for hydroxylation is 1. The van der Waals surface area contributed by atoms with Crippen LogP contribution in [-0.4, -0.2) is 27.5 Å². The van der Waals surface area contributed by atoms with Crippen molar-refractivity contribution in [2.75, 3.05) is 6.54 Å². The fourth-order valence-electron chi connectivity index (χ4n) is 2.60. The molecule has 0 aliphatic carbocycles. The molecule has 0 spiro atoms. The maximum absolute atomic E-state index is 12.7. The standard InChI is InChI=1S/C14H13Cl2N3O2/c1-8-5-11(21-18-8)10-3-2-4-19(10)14(20)9-6-12(15)17-13(16)7-9/h5-7,10H,2-4H2,1H3. The molecule has 2 aromatic heterocycles. The van der Waals surface area contributed by atoms with E-state index in [2.05, 4.69) is 10.1 Å². The second-order valence-corrected chi connectivity index (χ2v) is 5.80. The molecule has 1 unspecified atom stereocenters. The average molecular weight is 326 g/mol. The molecule has 21 heavy (non-hydrogen) atoms. The van der Waals surface area contributed by atoms with Crippen molar-refractivity contribution >= 4 is 29.1 Å². The Hall–Kier alpha value is -1.59. The van der Waals surface area contributed by atoms with Gasteiger partial charge in [-0.25, -0.2) is 4.98 Å². The van der Waals surface area contributed by atoms with Gasteiger partial charge in [-0.1, -0.05) is 28.4 Å². The first-order valence-electron chi connectivity index (χ1n) is 6.62. The molecule has 110 valence electrons. The average Bonchev–Trinajstić information content (AvgIpc) is 3.04. The van der Waals surface area contributed by atoms with Gasteiger partial charge in [0.1, 0.15) is 10.3 Å². The van der Waals surface area contributed by atoms with Crippen LogP contribution in [0.2, 0.25) is 10.3 Å². The molecule has 2 aromatic rings. The van der Waals surface area contributed by atoms with Crippen molar-refractivity contribution in [3.05, 3.63) is 45.5 Å². The third-order valence-corrected chi connectivity index (χ3v) is 3.89. The third kappa shape index (κ3) is 2.89. The Labute approximate surface area is 131 Å². The summed E-state index contributed by atoms with van der Waals surface area (Å²) in [6, 6.07) is 4.82. The smallest absolute Gasteiger partial charge is 0.254 e. The van der Waals surface area contributed by atoms with Crippen molar-refractivity contribution in [3.63, 3.8) is 0 Å². The molecule has 1 atom stereocenters. The number of pyridine rings is 1. The van der Waals surface area contributed by atoms with E-state index >= 15 is 0 Å². The van der Waals surface area contributed by atoms with E-state index in [1.807, 2.05) is 13.0 Å². The van der Waals surface area contributed by atoms with E-state index in [1.165, 1.54) is 12.1 Å². The number of halogens is 2. The van der Waals surface area contributed by atoms with Gasteiger partial charge < -0.3 is 9.42 Å². The van der Waals surface area contributed by atoms with E-state index in [9.17, 15) is 4.79 Å². The molecule has 1 saturated heterocycles. The van der Waals surface area contributed by atoms with E-state index in [-0.39, 0.29) is 22.3 Å². The van der Waals surface area contributed by atoms with Crippen LogP contribution in [0.3, 0.4) is 0 Å². The first-order valence-corrected chi connectivity index (χ1v) is 7.37. The van der Waals surface area contributed by atoms with Crippen molar-refractivity contribution in [2.24, 2.45) is 0 Å². The van der Waals surface area contributed by atoms with Gasteiger partial charge in [0.15, 0.2) is 5.76 Å². The molecule has 1 amide bonds. The lowest BCUT2D eigenvalue weighted by molar-refractivity contribution is 0.0714. The predicted octanol–water partition coefficient (Wildman–Crippen LogP) is 3.66. The summed E-state index contributed by atoms with van der Waals surface area (Å²) >= 11 is 11.7. The highest BCUT2D eigenvalue weighted by atomic mass is 35.5. The minimum absolute atomic E-state index is 0.0931. The molecule has 3 heterocycles. The fourth-order valence-corrected chi connectivity index (χ4v) is 3.06. The molecule has 3 rings (SSSR count). The van der Waals surface area contributed by atoms with Gasteiger partial charge in [-0.3, -0.25) is 4.79 Å². The largest absolute Gasteiger partial charge is 0.359 e. The number of hydrogen-bond acceptors (Lipinski definition) is 4. The maximum Gasteiger partial charge on any atom is 0.254 e. The van der Waals surface area contributed by atoms with Crippen LogP contribution in [0.5, 0.6) is 0 Å². The topological polar surface area (TPSA) is 59.2 Å². The molecular formula is C14H13Cl2N3O2. The van der Waals surface area contributed by atoms with E-state index in [4.69, 9.17) is 27.7 Å². The predicted molar refractivity (Wildman–Crippen MR) is 78.5 cm³/mol. The first kappa shape index (κ1) is 14.4. The molecule has 1 aliphatic heterocycles. The van der Waals surface area contributed by atoms with Crippen LogP contribution in [-0.2, 0) is 0 Å². The Bertz CT molecular complexity index is 666. The van der Waals surface area contributed by atoms with Crippen LogP contribution in [0.25, 0.3) is 0 Å². The van der Waals surface area contributed by atoms with Gasteiger partial charge in [-0.2, -0.15) is 0 Å². The third-order valence-electron chi connectivity index (χ3n) is 3.50. The van der Waals surface area contributed by atoms with Crippen molar-refractivity contribution in [2.45, 2.75) is 25.8 Å². The molecule has 0 bridgehead atoms. The number of rotatable bonds is 2. The molecular weight excluding hydrogens is 313 g/mol. The monoisotopic (exact) mass is 325 g/mol. The second-order valence-electron chi connectivity index (χ2n) is 5.03. The van der Waals surface area contributed by atoms with E-state index in [0.29, 0.717) is 17.9 Å². The quantitative estimate of drug-likeness (QED) is 0.790. The summed E-state index contributed by atoms with van der Waals surface area (Å²) in [7, 11) is 0. The summed E-state index contributed by atoms with van der Waals surface area (Å²) in [5.74, 6) is 0.586. The summed E-state index contributed by atoms with van der Waals surface area (Å²) in [5.41, 5.74) is 1.24. The van der Waals surface area contributed by atoms with Crippen LogP contribution >= 0.6 is 23.2 Å². The van der Waals surface area contributed by atoms with Crippen LogP contribution in [0.1, 0.15) is 40.7 Å². The summed E-state index contributed by atoms with van der Waals surface area (Å²) in [6.07, 6.45) is 1.77. The summed E-state index contributed by atoms with van der Waals surface area (Å²) in [6.45, 7) is 2.53. The fraction of sp³-hybridized carbons (Fsp3) is 0.357. The Morgan fingerprint density at radius 3 is 2.67 bits per heavy atom. The highest BCUT2D eigenvalue weighted by molar-refractivity contribution is 6.33. The zero-order valence-corrected chi connectivity index (χ0v) is 12.9. The van der Waals surface area contributed by atoms with Gasteiger partial charge in [0, 0.05) is 18.2 Å². The van der Waals surface area contributed by atoms with Gasteiger partial charge in [0.25, 0.3) is 5.91 Å². The van der Waals surface area contributed by atoms with Crippen LogP contribution < -0.4 is 0 Å². The second kappa shape index (κ2) is 5.66. The summed E-state index contributed by atoms with van der Waals surface area (Å²) < 4.78 is 5.30. The van der Waals surface area contributed by atoms with Crippen molar-refractivity contribution in [3.8, 4) is 0 Å². The van der Waals surface area contributed by atoms with E-state index in [1.54, 1.807) is 4.90 Å².